The quantitative estimate of drug-likeness (QED) is 0.0265. The molecule has 0 bridgehead atoms. The van der Waals surface area contributed by atoms with E-state index in [1.54, 1.807) is 0 Å². The predicted octanol–water partition coefficient (Wildman–Crippen LogP) is 2.14. The lowest BCUT2D eigenvalue weighted by molar-refractivity contribution is -0.122. The van der Waals surface area contributed by atoms with Crippen LogP contribution in [0.5, 0.6) is 0 Å². The molecule has 1 aromatic rings. The second-order valence-corrected chi connectivity index (χ2v) is 22.0. The molecule has 5 heterocycles. The highest BCUT2D eigenvalue weighted by atomic mass is 32.2. The molecule has 6 rings (SSSR count). The Hall–Kier alpha value is -4.76. The van der Waals surface area contributed by atoms with Crippen LogP contribution in [-0.4, -0.2) is 199 Å². The van der Waals surface area contributed by atoms with Crippen LogP contribution in [0.15, 0.2) is 18.2 Å². The molecule has 10 amide bonds. The lowest BCUT2D eigenvalue weighted by atomic mass is 10.0. The van der Waals surface area contributed by atoms with Gasteiger partial charge in [0.05, 0.1) is 82.7 Å². The van der Waals surface area contributed by atoms with E-state index in [9.17, 15) is 38.4 Å². The summed E-state index contributed by atoms with van der Waals surface area (Å²) in [5, 5.41) is 24.2. The Bertz CT molecular complexity index is 1940. The minimum Gasteiger partial charge on any atom is -0.379 e. The van der Waals surface area contributed by atoms with Crippen molar-refractivity contribution in [2.24, 2.45) is 0 Å². The Kier molecular flexibility index (Phi) is 27.9. The molecule has 23 nitrogen and oxygen atoms in total. The Morgan fingerprint density at radius 2 is 0.831 bits per heavy atom. The number of rotatable bonds is 41. The molecule has 0 radical (unpaired) electrons. The first kappa shape index (κ1) is 61.5. The van der Waals surface area contributed by atoms with Crippen molar-refractivity contribution >= 4 is 76.7 Å². The fraction of sp³-hybridized carbons (Fsp3) is 0.731. The number of anilines is 1. The highest BCUT2D eigenvalue weighted by Crippen LogP contribution is 2.34. The molecule has 5 aliphatic heterocycles. The number of imide groups is 1. The summed E-state index contributed by atoms with van der Waals surface area (Å²) in [7, 11) is 0. The summed E-state index contributed by atoms with van der Waals surface area (Å²) in [6, 6.07) is 4.98. The number of hydrogen-bond acceptors (Lipinski definition) is 16. The highest BCUT2D eigenvalue weighted by Gasteiger charge is 2.43. The molecule has 0 spiro atoms. The van der Waals surface area contributed by atoms with E-state index >= 15 is 0 Å². The van der Waals surface area contributed by atoms with Crippen molar-refractivity contribution in [2.45, 2.75) is 125 Å². The molecular formula is C52H81N9O14S2. The van der Waals surface area contributed by atoms with Gasteiger partial charge in [0.1, 0.15) is 0 Å². The van der Waals surface area contributed by atoms with E-state index < -0.39 is 23.6 Å². The molecule has 0 aromatic heterocycles. The molecule has 5 saturated heterocycles. The Morgan fingerprint density at radius 3 is 1.22 bits per heavy atom. The van der Waals surface area contributed by atoms with Gasteiger partial charge < -0.3 is 71.0 Å². The van der Waals surface area contributed by atoms with Gasteiger partial charge >= 0.3 is 12.1 Å². The molecule has 6 unspecified atom stereocenters. The fourth-order valence-corrected chi connectivity index (χ4v) is 12.5. The van der Waals surface area contributed by atoms with E-state index in [1.165, 1.54) is 18.2 Å². The molecule has 0 saturated carbocycles. The van der Waals surface area contributed by atoms with Crippen molar-refractivity contribution in [3.63, 3.8) is 0 Å². The average Bonchev–Trinajstić information content (AvgIpc) is 4.25. The third-order valence-electron chi connectivity index (χ3n) is 13.5. The molecular weight excluding hydrogens is 1040 g/mol. The SMILES string of the molecule is O=C(CCCCC1SCC2NC(=O)NC21)NCCCOCCOCCOCCCNC(=O)c1cc(C(=O)NCCCOCCOCCOCCCNC(=O)CCCCC2SCC3NC(=O)NC32)cc(N2C(=O)CCC2=O)c1. The molecule has 77 heavy (non-hydrogen) atoms. The van der Waals surface area contributed by atoms with Gasteiger partial charge in [0.2, 0.25) is 23.6 Å². The monoisotopic (exact) mass is 1120 g/mol. The van der Waals surface area contributed by atoms with Crippen LogP contribution in [0, 0.1) is 0 Å². The van der Waals surface area contributed by atoms with Crippen LogP contribution in [-0.2, 0) is 47.6 Å². The maximum absolute atomic E-state index is 13.2. The number of carbonyl (C=O) groups excluding carboxylic acids is 8. The first-order valence-electron chi connectivity index (χ1n) is 27.5. The number of benzene rings is 1. The zero-order valence-corrected chi connectivity index (χ0v) is 45.9. The normalized spacial score (nSPS) is 21.3. The van der Waals surface area contributed by atoms with Gasteiger partial charge in [0.25, 0.3) is 11.8 Å². The third kappa shape index (κ3) is 22.1. The van der Waals surface area contributed by atoms with Crippen molar-refractivity contribution in [3.8, 4) is 0 Å². The molecule has 8 N–H and O–H groups in total. The first-order valence-corrected chi connectivity index (χ1v) is 29.6. The fourth-order valence-electron chi connectivity index (χ4n) is 9.44. The third-order valence-corrected chi connectivity index (χ3v) is 16.5. The largest absolute Gasteiger partial charge is 0.379 e. The van der Waals surface area contributed by atoms with Gasteiger partial charge in [-0.3, -0.25) is 33.7 Å². The van der Waals surface area contributed by atoms with Gasteiger partial charge in [0, 0.05) is 111 Å². The average molecular weight is 1120 g/mol. The van der Waals surface area contributed by atoms with Crippen LogP contribution in [0.4, 0.5) is 15.3 Å². The van der Waals surface area contributed by atoms with E-state index in [0.717, 1.165) is 54.9 Å². The van der Waals surface area contributed by atoms with E-state index in [-0.39, 0.29) is 90.8 Å². The van der Waals surface area contributed by atoms with E-state index in [2.05, 4.69) is 42.5 Å². The summed E-state index contributed by atoms with van der Waals surface area (Å²) < 4.78 is 33.6. The van der Waals surface area contributed by atoms with Gasteiger partial charge in [-0.05, 0) is 69.6 Å². The second-order valence-electron chi connectivity index (χ2n) is 19.4. The smallest absolute Gasteiger partial charge is 0.315 e. The number of amides is 10. The number of carbonyl (C=O) groups is 8. The van der Waals surface area contributed by atoms with Crippen LogP contribution >= 0.6 is 23.5 Å². The summed E-state index contributed by atoms with van der Waals surface area (Å²) >= 11 is 3.77. The maximum Gasteiger partial charge on any atom is 0.315 e. The number of hydrogen-bond donors (Lipinski definition) is 8. The van der Waals surface area contributed by atoms with Gasteiger partial charge in [-0.25, -0.2) is 9.59 Å². The van der Waals surface area contributed by atoms with E-state index in [0.29, 0.717) is 141 Å². The molecule has 6 atom stereocenters. The zero-order chi connectivity index (χ0) is 54.5. The van der Waals surface area contributed by atoms with Gasteiger partial charge in [-0.15, -0.1) is 0 Å². The summed E-state index contributed by atoms with van der Waals surface area (Å²) in [6.07, 6.45) is 9.04. The van der Waals surface area contributed by atoms with Crippen molar-refractivity contribution in [3.05, 3.63) is 29.3 Å². The molecule has 5 fully saturated rings. The molecule has 0 aliphatic carbocycles. The second kappa shape index (κ2) is 35.0. The van der Waals surface area contributed by atoms with Crippen molar-refractivity contribution in [2.75, 3.05) is 122 Å². The lowest BCUT2D eigenvalue weighted by Crippen LogP contribution is -2.36. The minimum absolute atomic E-state index is 0.0404. The summed E-state index contributed by atoms with van der Waals surface area (Å²) in [5.41, 5.74) is 0.431. The lowest BCUT2D eigenvalue weighted by Gasteiger charge is -2.17. The van der Waals surface area contributed by atoms with Crippen LogP contribution in [0.3, 0.4) is 0 Å². The first-order chi connectivity index (χ1) is 37.5. The highest BCUT2D eigenvalue weighted by molar-refractivity contribution is 8.00. The Morgan fingerprint density at radius 1 is 0.468 bits per heavy atom. The molecule has 5 aliphatic rings. The van der Waals surface area contributed by atoms with Gasteiger partial charge in [-0.2, -0.15) is 23.5 Å². The summed E-state index contributed by atoms with van der Waals surface area (Å²) in [4.78, 5) is 100. The summed E-state index contributed by atoms with van der Waals surface area (Å²) in [6.45, 7) is 6.57. The van der Waals surface area contributed by atoms with E-state index in [4.69, 9.17) is 28.4 Å². The number of nitrogens with zero attached hydrogens (tertiary/aromatic N) is 1. The number of nitrogens with one attached hydrogen (secondary N) is 8. The van der Waals surface area contributed by atoms with Crippen molar-refractivity contribution in [1.29, 1.82) is 0 Å². The Labute approximate surface area is 460 Å². The zero-order valence-electron chi connectivity index (χ0n) is 44.3. The van der Waals surface area contributed by atoms with Crippen LogP contribution in [0.2, 0.25) is 0 Å². The van der Waals surface area contributed by atoms with Crippen LogP contribution < -0.4 is 47.4 Å². The Balaban J connectivity index is 0.710. The maximum atomic E-state index is 13.2. The minimum atomic E-state index is -0.465. The van der Waals surface area contributed by atoms with Crippen LogP contribution in [0.25, 0.3) is 0 Å². The van der Waals surface area contributed by atoms with Crippen molar-refractivity contribution in [1.82, 2.24) is 42.5 Å². The van der Waals surface area contributed by atoms with E-state index in [1.807, 2.05) is 23.5 Å². The topological polar surface area (TPSA) is 291 Å². The van der Waals surface area contributed by atoms with Gasteiger partial charge in [0.15, 0.2) is 0 Å². The molecule has 430 valence electrons. The molecule has 1 aromatic carbocycles. The number of unbranched alkanes of at least 4 members (excludes halogenated alkanes) is 2. The number of thioether (sulfide) groups is 2. The number of urea groups is 2. The predicted molar refractivity (Wildman–Crippen MR) is 290 cm³/mol. The van der Waals surface area contributed by atoms with Crippen molar-refractivity contribution < 1.29 is 66.8 Å². The molecule has 25 heteroatoms. The van der Waals surface area contributed by atoms with Gasteiger partial charge in [-0.1, -0.05) is 12.8 Å². The summed E-state index contributed by atoms with van der Waals surface area (Å²) in [5.74, 6) is 0.228. The number of fused-ring (bicyclic) bond motifs is 2. The standard InChI is InChI=1S/C52H81N9O14S2/c62-43(11-3-1-9-41-47-39(34-76-41)57-51(68)59-47)53-15-5-19-70-23-27-74-29-25-72-21-7-17-55-49(66)36-31-37(33-38(32-36)61-45(64)13-14-46(61)65)50(67)56-18-8-22-73-26-30-75-28-24-71-20-6-16-54-44(63)12-4-2-10-42-48-40(35-77-42)58-52(69)60-48/h31-33,39-42,47-48H,1-30,34-35H2,(H,53,62)(H,54,63)(H,55,66)(H,56,67)(H2,57,59,68)(H2,58,60,69). The number of ether oxygens (including phenoxy) is 6. The van der Waals surface area contributed by atoms with Crippen LogP contribution in [0.1, 0.15) is 111 Å².